The van der Waals surface area contributed by atoms with Gasteiger partial charge < -0.3 is 9.64 Å². The van der Waals surface area contributed by atoms with E-state index in [0.29, 0.717) is 6.04 Å². The smallest absolute Gasteiger partial charge is 0.136 e. The Labute approximate surface area is 134 Å². The highest BCUT2D eigenvalue weighted by Crippen LogP contribution is 2.34. The molecule has 1 fully saturated rings. The lowest BCUT2D eigenvalue weighted by Gasteiger charge is -2.37. The second-order valence-corrected chi connectivity index (χ2v) is 6.30. The first-order chi connectivity index (χ1) is 10.3. The van der Waals surface area contributed by atoms with E-state index >= 15 is 0 Å². The fourth-order valence-electron chi connectivity index (χ4n) is 3.28. The van der Waals surface area contributed by atoms with E-state index in [1.807, 2.05) is 18.3 Å². The summed E-state index contributed by atoms with van der Waals surface area (Å²) in [7, 11) is 1.73. The van der Waals surface area contributed by atoms with Gasteiger partial charge in [-0.25, -0.2) is 4.98 Å². The molecule has 1 aliphatic heterocycles. The van der Waals surface area contributed by atoms with E-state index in [2.05, 4.69) is 33.0 Å². The van der Waals surface area contributed by atoms with Crippen LogP contribution in [0.2, 0.25) is 0 Å². The van der Waals surface area contributed by atoms with Crippen LogP contribution in [0.1, 0.15) is 25.7 Å². The molecule has 0 aliphatic carbocycles. The Bertz CT molecular complexity index is 615. The minimum absolute atomic E-state index is 0.586. The summed E-state index contributed by atoms with van der Waals surface area (Å²) in [5.74, 6) is 2.03. The summed E-state index contributed by atoms with van der Waals surface area (Å²) in [5.41, 5.74) is 0. The second-order valence-electron chi connectivity index (χ2n) is 5.51. The maximum absolute atomic E-state index is 5.49. The van der Waals surface area contributed by atoms with Crippen LogP contribution < -0.4 is 9.64 Å². The number of halogens is 1. The Morgan fingerprint density at radius 2 is 2.19 bits per heavy atom. The van der Waals surface area contributed by atoms with Crippen LogP contribution in [-0.4, -0.2) is 30.0 Å². The SMILES string of the molecule is COc1cccc2c(N3CCCCC3CCBr)nccc12. The fourth-order valence-corrected chi connectivity index (χ4v) is 3.80. The van der Waals surface area contributed by atoms with Crippen molar-refractivity contribution in [1.29, 1.82) is 0 Å². The average molecular weight is 349 g/mol. The zero-order valence-electron chi connectivity index (χ0n) is 12.4. The van der Waals surface area contributed by atoms with Gasteiger partial charge in [0.05, 0.1) is 7.11 Å². The molecule has 2 heterocycles. The van der Waals surface area contributed by atoms with Crippen molar-refractivity contribution >= 4 is 32.5 Å². The number of hydrogen-bond acceptors (Lipinski definition) is 3. The van der Waals surface area contributed by atoms with Crippen molar-refractivity contribution in [3.05, 3.63) is 30.5 Å². The molecular weight excluding hydrogens is 328 g/mol. The van der Waals surface area contributed by atoms with Crippen molar-refractivity contribution in [2.24, 2.45) is 0 Å². The number of ether oxygens (including phenoxy) is 1. The van der Waals surface area contributed by atoms with Crippen molar-refractivity contribution in [2.45, 2.75) is 31.7 Å². The lowest BCUT2D eigenvalue weighted by molar-refractivity contribution is 0.419. The maximum Gasteiger partial charge on any atom is 0.136 e. The Morgan fingerprint density at radius 3 is 3.00 bits per heavy atom. The molecule has 0 spiro atoms. The summed E-state index contributed by atoms with van der Waals surface area (Å²) >= 11 is 3.59. The fraction of sp³-hybridized carbons (Fsp3) is 0.471. The molecule has 3 nitrogen and oxygen atoms in total. The molecule has 21 heavy (non-hydrogen) atoms. The average Bonchev–Trinajstić information content (AvgIpc) is 2.54. The number of fused-ring (bicyclic) bond motifs is 1. The van der Waals surface area contributed by atoms with Gasteiger partial charge in [0.15, 0.2) is 0 Å². The third-order valence-corrected chi connectivity index (χ3v) is 4.76. The van der Waals surface area contributed by atoms with E-state index in [1.165, 1.54) is 31.1 Å². The molecular formula is C17H21BrN2O. The molecule has 1 aromatic carbocycles. The first kappa shape index (κ1) is 14.6. The van der Waals surface area contributed by atoms with E-state index in [9.17, 15) is 0 Å². The molecule has 1 unspecified atom stereocenters. The van der Waals surface area contributed by atoms with Gasteiger partial charge in [-0.3, -0.25) is 0 Å². The number of piperidine rings is 1. The topological polar surface area (TPSA) is 25.4 Å². The summed E-state index contributed by atoms with van der Waals surface area (Å²) in [4.78, 5) is 7.19. The number of hydrogen-bond donors (Lipinski definition) is 0. The molecule has 4 heteroatoms. The Balaban J connectivity index is 2.06. The van der Waals surface area contributed by atoms with Crippen LogP contribution >= 0.6 is 15.9 Å². The van der Waals surface area contributed by atoms with E-state index in [4.69, 9.17) is 9.72 Å². The van der Waals surface area contributed by atoms with Gasteiger partial charge in [-0.15, -0.1) is 0 Å². The molecule has 1 atom stereocenters. The molecule has 0 saturated carbocycles. The number of benzene rings is 1. The van der Waals surface area contributed by atoms with Gasteiger partial charge >= 0.3 is 0 Å². The summed E-state index contributed by atoms with van der Waals surface area (Å²) in [6.07, 6.45) is 6.90. The monoisotopic (exact) mass is 348 g/mol. The van der Waals surface area contributed by atoms with E-state index in [1.54, 1.807) is 7.11 Å². The van der Waals surface area contributed by atoms with E-state index < -0.39 is 0 Å². The van der Waals surface area contributed by atoms with Crippen molar-refractivity contribution in [1.82, 2.24) is 4.98 Å². The Kier molecular flexibility index (Phi) is 4.63. The Hall–Kier alpha value is -1.29. The number of alkyl halides is 1. The minimum atomic E-state index is 0.586. The lowest BCUT2D eigenvalue weighted by atomic mass is 9.99. The van der Waals surface area contributed by atoms with Crippen molar-refractivity contribution in [3.8, 4) is 5.75 Å². The highest BCUT2D eigenvalue weighted by molar-refractivity contribution is 9.09. The second kappa shape index (κ2) is 6.65. The van der Waals surface area contributed by atoms with E-state index in [0.717, 1.165) is 28.8 Å². The molecule has 2 aromatic rings. The summed E-state index contributed by atoms with van der Waals surface area (Å²) in [5, 5.41) is 3.38. The summed E-state index contributed by atoms with van der Waals surface area (Å²) < 4.78 is 5.49. The lowest BCUT2D eigenvalue weighted by Crippen LogP contribution is -2.40. The van der Waals surface area contributed by atoms with Crippen molar-refractivity contribution in [2.75, 3.05) is 23.9 Å². The number of nitrogens with zero attached hydrogens (tertiary/aromatic N) is 2. The van der Waals surface area contributed by atoms with Crippen LogP contribution in [0, 0.1) is 0 Å². The van der Waals surface area contributed by atoms with Gasteiger partial charge in [0.25, 0.3) is 0 Å². The molecule has 0 radical (unpaired) electrons. The molecule has 0 bridgehead atoms. The molecule has 0 N–H and O–H groups in total. The third kappa shape index (κ3) is 2.86. The van der Waals surface area contributed by atoms with Crippen LogP contribution in [0.5, 0.6) is 5.75 Å². The number of methoxy groups -OCH3 is 1. The molecule has 1 aliphatic rings. The van der Waals surface area contributed by atoms with E-state index in [-0.39, 0.29) is 0 Å². The van der Waals surface area contributed by atoms with Crippen LogP contribution in [0.3, 0.4) is 0 Å². The van der Waals surface area contributed by atoms with Gasteiger partial charge in [-0.1, -0.05) is 28.1 Å². The van der Waals surface area contributed by atoms with Crippen molar-refractivity contribution in [3.63, 3.8) is 0 Å². The standard InChI is InChI=1S/C17H21BrN2O/c1-21-16-7-4-6-15-14(16)9-11-19-17(15)20-12-3-2-5-13(20)8-10-18/h4,6-7,9,11,13H,2-3,5,8,10,12H2,1H3. The summed E-state index contributed by atoms with van der Waals surface area (Å²) in [6.45, 7) is 1.10. The van der Waals surface area contributed by atoms with Crippen LogP contribution in [0.25, 0.3) is 10.8 Å². The highest BCUT2D eigenvalue weighted by Gasteiger charge is 2.24. The maximum atomic E-state index is 5.49. The third-order valence-electron chi connectivity index (χ3n) is 4.31. The quantitative estimate of drug-likeness (QED) is 0.766. The number of anilines is 1. The molecule has 3 rings (SSSR count). The first-order valence-electron chi connectivity index (χ1n) is 7.59. The number of aromatic nitrogens is 1. The normalized spacial score (nSPS) is 19.0. The van der Waals surface area contributed by atoms with Crippen LogP contribution in [0.15, 0.2) is 30.5 Å². The highest BCUT2D eigenvalue weighted by atomic mass is 79.9. The first-order valence-corrected chi connectivity index (χ1v) is 8.71. The summed E-state index contributed by atoms with van der Waals surface area (Å²) in [6, 6.07) is 8.84. The molecule has 1 aromatic heterocycles. The van der Waals surface area contributed by atoms with Gasteiger partial charge in [-0.2, -0.15) is 0 Å². The van der Waals surface area contributed by atoms with Gasteiger partial charge in [-0.05, 0) is 37.8 Å². The molecule has 112 valence electrons. The number of pyridine rings is 1. The van der Waals surface area contributed by atoms with Crippen LogP contribution in [0.4, 0.5) is 5.82 Å². The Morgan fingerprint density at radius 1 is 1.29 bits per heavy atom. The van der Waals surface area contributed by atoms with Gasteiger partial charge in [0.1, 0.15) is 11.6 Å². The van der Waals surface area contributed by atoms with Gasteiger partial charge in [0.2, 0.25) is 0 Å². The number of rotatable bonds is 4. The zero-order chi connectivity index (χ0) is 14.7. The molecule has 0 amide bonds. The predicted molar refractivity (Wildman–Crippen MR) is 91.7 cm³/mol. The van der Waals surface area contributed by atoms with Crippen molar-refractivity contribution < 1.29 is 4.74 Å². The molecule has 1 saturated heterocycles. The minimum Gasteiger partial charge on any atom is -0.496 e. The predicted octanol–water partition coefficient (Wildman–Crippen LogP) is 4.39. The van der Waals surface area contributed by atoms with Gasteiger partial charge in [0, 0.05) is 34.9 Å². The zero-order valence-corrected chi connectivity index (χ0v) is 14.0. The largest absolute Gasteiger partial charge is 0.496 e. The van der Waals surface area contributed by atoms with Crippen LogP contribution in [-0.2, 0) is 0 Å².